The lowest BCUT2D eigenvalue weighted by Gasteiger charge is -2.16. The highest BCUT2D eigenvalue weighted by atomic mass is 35.5. The Morgan fingerprint density at radius 1 is 1.40 bits per heavy atom. The molecule has 25 heavy (non-hydrogen) atoms. The first-order valence-electron chi connectivity index (χ1n) is 9.07. The van der Waals surface area contributed by atoms with Crippen molar-refractivity contribution in [3.05, 3.63) is 22.7 Å². The lowest BCUT2D eigenvalue weighted by Crippen LogP contribution is -2.22. The van der Waals surface area contributed by atoms with E-state index in [0.29, 0.717) is 34.5 Å². The van der Waals surface area contributed by atoms with E-state index in [1.807, 2.05) is 0 Å². The zero-order chi connectivity index (χ0) is 18.2. The molecule has 140 valence electrons. The van der Waals surface area contributed by atoms with Gasteiger partial charge in [0.1, 0.15) is 11.3 Å². The fourth-order valence-corrected chi connectivity index (χ4v) is 3.39. The van der Waals surface area contributed by atoms with Crippen molar-refractivity contribution in [3.8, 4) is 5.75 Å². The van der Waals surface area contributed by atoms with E-state index >= 15 is 0 Å². The van der Waals surface area contributed by atoms with Crippen LogP contribution in [-0.4, -0.2) is 44.2 Å². The number of esters is 1. The second-order valence-corrected chi connectivity index (χ2v) is 7.07. The van der Waals surface area contributed by atoms with Gasteiger partial charge in [-0.05, 0) is 44.3 Å². The number of halogens is 1. The number of benzene rings is 1. The third-order valence-electron chi connectivity index (χ3n) is 4.75. The molecule has 0 amide bonds. The van der Waals surface area contributed by atoms with E-state index in [0.717, 1.165) is 19.5 Å². The molecule has 1 atom stereocenters. The number of carbonyl (C=O) groups is 1. The number of nitrogens with two attached hydrogens (primary N) is 1. The summed E-state index contributed by atoms with van der Waals surface area (Å²) in [7, 11) is 1.49. The largest absolute Gasteiger partial charge is 0.496 e. The smallest absolute Gasteiger partial charge is 0.341 e. The van der Waals surface area contributed by atoms with Gasteiger partial charge in [-0.1, -0.05) is 31.4 Å². The van der Waals surface area contributed by atoms with Crippen LogP contribution in [0.15, 0.2) is 12.1 Å². The molecule has 1 unspecified atom stereocenters. The van der Waals surface area contributed by atoms with Crippen molar-refractivity contribution in [2.45, 2.75) is 39.0 Å². The first-order chi connectivity index (χ1) is 12.0. The minimum absolute atomic E-state index is 0.314. The Morgan fingerprint density at radius 3 is 2.92 bits per heavy atom. The Labute approximate surface area is 155 Å². The van der Waals surface area contributed by atoms with Gasteiger partial charge in [-0.15, -0.1) is 0 Å². The third-order valence-corrected chi connectivity index (χ3v) is 5.07. The molecular weight excluding hydrogens is 340 g/mol. The van der Waals surface area contributed by atoms with Crippen LogP contribution in [0.1, 0.15) is 49.4 Å². The molecule has 1 aromatic rings. The number of unbranched alkanes of at least 4 members (excludes halogenated alkanes) is 2. The van der Waals surface area contributed by atoms with E-state index < -0.39 is 5.97 Å². The summed E-state index contributed by atoms with van der Waals surface area (Å²) in [4.78, 5) is 14.8. The molecule has 1 fully saturated rings. The number of anilines is 1. The van der Waals surface area contributed by atoms with Gasteiger partial charge in [-0.2, -0.15) is 0 Å². The van der Waals surface area contributed by atoms with E-state index in [4.69, 9.17) is 26.8 Å². The maximum atomic E-state index is 12.3. The van der Waals surface area contributed by atoms with E-state index in [9.17, 15) is 4.79 Å². The van der Waals surface area contributed by atoms with E-state index in [-0.39, 0.29) is 0 Å². The predicted molar refractivity (Wildman–Crippen MR) is 101 cm³/mol. The molecule has 0 spiro atoms. The quantitative estimate of drug-likeness (QED) is 0.405. The molecule has 0 bridgehead atoms. The Bertz CT molecular complexity index is 580. The number of hydrogen-bond donors (Lipinski definition) is 1. The van der Waals surface area contributed by atoms with Crippen molar-refractivity contribution in [1.82, 2.24) is 4.90 Å². The van der Waals surface area contributed by atoms with Crippen molar-refractivity contribution < 1.29 is 14.3 Å². The summed E-state index contributed by atoms with van der Waals surface area (Å²) in [5.41, 5.74) is 6.43. The number of likely N-dealkylation sites (tertiary alicyclic amines) is 1. The van der Waals surface area contributed by atoms with E-state index in [1.165, 1.54) is 45.4 Å². The van der Waals surface area contributed by atoms with Gasteiger partial charge in [-0.25, -0.2) is 4.79 Å². The van der Waals surface area contributed by atoms with Gasteiger partial charge < -0.3 is 20.1 Å². The number of ether oxygens (including phenoxy) is 2. The number of rotatable bonds is 9. The zero-order valence-corrected chi connectivity index (χ0v) is 16.0. The average Bonchev–Trinajstić information content (AvgIpc) is 3.04. The first kappa shape index (κ1) is 19.9. The normalized spacial score (nSPS) is 17.6. The second-order valence-electron chi connectivity index (χ2n) is 6.66. The number of carbonyl (C=O) groups excluding carboxylic acids is 1. The second kappa shape index (κ2) is 9.88. The molecular formula is C19H29ClN2O3. The third kappa shape index (κ3) is 5.79. The minimum Gasteiger partial charge on any atom is -0.496 e. The Morgan fingerprint density at radius 2 is 2.20 bits per heavy atom. The molecule has 2 rings (SSSR count). The monoisotopic (exact) mass is 368 g/mol. The van der Waals surface area contributed by atoms with Crippen molar-refractivity contribution >= 4 is 23.3 Å². The van der Waals surface area contributed by atoms with Gasteiger partial charge in [0.25, 0.3) is 0 Å². The van der Waals surface area contributed by atoms with Crippen LogP contribution in [-0.2, 0) is 4.74 Å². The summed E-state index contributed by atoms with van der Waals surface area (Å²) in [6.07, 6.45) is 5.90. The van der Waals surface area contributed by atoms with Crippen LogP contribution in [0.3, 0.4) is 0 Å². The highest BCUT2D eigenvalue weighted by Gasteiger charge is 2.23. The summed E-state index contributed by atoms with van der Waals surface area (Å²) in [5, 5.41) is 0.325. The molecule has 0 aliphatic carbocycles. The molecule has 1 aliphatic heterocycles. The molecule has 1 aliphatic rings. The first-order valence-corrected chi connectivity index (χ1v) is 9.45. The van der Waals surface area contributed by atoms with Crippen LogP contribution in [0.5, 0.6) is 5.75 Å². The predicted octanol–water partition coefficient (Wildman–Crippen LogP) is 3.99. The van der Waals surface area contributed by atoms with Crippen molar-refractivity contribution in [2.24, 2.45) is 5.92 Å². The molecule has 6 heteroatoms. The molecule has 5 nitrogen and oxygen atoms in total. The Kier molecular flexibility index (Phi) is 7.85. The number of methoxy groups -OCH3 is 1. The molecule has 1 aromatic carbocycles. The van der Waals surface area contributed by atoms with E-state index in [2.05, 4.69) is 11.8 Å². The van der Waals surface area contributed by atoms with Crippen LogP contribution >= 0.6 is 11.6 Å². The number of nitrogen functional groups attached to an aromatic ring is 1. The average molecular weight is 369 g/mol. The van der Waals surface area contributed by atoms with Crippen LogP contribution < -0.4 is 10.5 Å². The van der Waals surface area contributed by atoms with Crippen LogP contribution in [0.4, 0.5) is 5.69 Å². The van der Waals surface area contributed by atoms with Crippen LogP contribution in [0, 0.1) is 5.92 Å². The maximum absolute atomic E-state index is 12.3. The number of hydrogen-bond acceptors (Lipinski definition) is 5. The SMILES string of the molecule is CCCCCN1CCC(CCOC(=O)c2cc(Cl)c(N)cc2OC)C1. The Balaban J connectivity index is 1.77. The van der Waals surface area contributed by atoms with Gasteiger partial charge in [0.15, 0.2) is 0 Å². The van der Waals surface area contributed by atoms with Crippen molar-refractivity contribution in [1.29, 1.82) is 0 Å². The van der Waals surface area contributed by atoms with Crippen LogP contribution in [0.2, 0.25) is 5.02 Å². The molecule has 1 heterocycles. The molecule has 0 saturated carbocycles. The summed E-state index contributed by atoms with van der Waals surface area (Å²) in [5.74, 6) is 0.567. The van der Waals surface area contributed by atoms with Crippen molar-refractivity contribution in [3.63, 3.8) is 0 Å². The highest BCUT2D eigenvalue weighted by molar-refractivity contribution is 6.33. The van der Waals surface area contributed by atoms with Gasteiger partial charge in [0.05, 0.1) is 24.4 Å². The summed E-state index contributed by atoms with van der Waals surface area (Å²) >= 11 is 6.00. The van der Waals surface area contributed by atoms with Crippen molar-refractivity contribution in [2.75, 3.05) is 39.1 Å². The minimum atomic E-state index is -0.420. The fraction of sp³-hybridized carbons (Fsp3) is 0.632. The van der Waals surface area contributed by atoms with Gasteiger partial charge in [0, 0.05) is 12.6 Å². The van der Waals surface area contributed by atoms with Gasteiger partial charge >= 0.3 is 5.97 Å². The van der Waals surface area contributed by atoms with Gasteiger partial charge in [-0.3, -0.25) is 0 Å². The summed E-state index contributed by atoms with van der Waals surface area (Å²) < 4.78 is 10.6. The standard InChI is InChI=1S/C19H29ClN2O3/c1-3-4-5-8-22-9-6-14(13-22)7-10-25-19(23)15-11-16(20)17(21)12-18(15)24-2/h11-12,14H,3-10,13,21H2,1-2H3. The number of nitrogens with zero attached hydrogens (tertiary/aromatic N) is 1. The molecule has 1 saturated heterocycles. The molecule has 0 aromatic heterocycles. The van der Waals surface area contributed by atoms with Crippen LogP contribution in [0.25, 0.3) is 0 Å². The lowest BCUT2D eigenvalue weighted by atomic mass is 10.1. The topological polar surface area (TPSA) is 64.8 Å². The van der Waals surface area contributed by atoms with E-state index in [1.54, 1.807) is 6.07 Å². The summed E-state index contributed by atoms with van der Waals surface area (Å²) in [6, 6.07) is 3.05. The zero-order valence-electron chi connectivity index (χ0n) is 15.2. The van der Waals surface area contributed by atoms with Gasteiger partial charge in [0.2, 0.25) is 0 Å². The molecule has 0 radical (unpaired) electrons. The fourth-order valence-electron chi connectivity index (χ4n) is 3.23. The Hall–Kier alpha value is -1.46. The highest BCUT2D eigenvalue weighted by Crippen LogP contribution is 2.29. The molecule has 2 N–H and O–H groups in total. The lowest BCUT2D eigenvalue weighted by molar-refractivity contribution is 0.0480. The summed E-state index contributed by atoms with van der Waals surface area (Å²) in [6.45, 7) is 6.09. The maximum Gasteiger partial charge on any atom is 0.341 e.